The standard InChI is InChI=1S/C15H20N2O2/c1-2-18-14-5-3-4-6-15(14)19-10-9-13(11-16)17-12-7-8-12/h3-6,12-13,17H,2,7-10H2,1H3. The van der Waals surface area contributed by atoms with Crippen molar-refractivity contribution >= 4 is 0 Å². The summed E-state index contributed by atoms with van der Waals surface area (Å²) in [7, 11) is 0. The summed E-state index contributed by atoms with van der Waals surface area (Å²) in [5.41, 5.74) is 0. The molecule has 2 rings (SSSR count). The van der Waals surface area contributed by atoms with Crippen LogP contribution in [-0.2, 0) is 0 Å². The van der Waals surface area contributed by atoms with E-state index in [9.17, 15) is 0 Å². The van der Waals surface area contributed by atoms with Crippen molar-refractivity contribution in [1.29, 1.82) is 5.26 Å². The van der Waals surface area contributed by atoms with E-state index in [1.807, 2.05) is 31.2 Å². The van der Waals surface area contributed by atoms with Gasteiger partial charge < -0.3 is 9.47 Å². The van der Waals surface area contributed by atoms with Crippen molar-refractivity contribution < 1.29 is 9.47 Å². The van der Waals surface area contributed by atoms with Crippen molar-refractivity contribution in [3.05, 3.63) is 24.3 Å². The summed E-state index contributed by atoms with van der Waals surface area (Å²) < 4.78 is 11.2. The van der Waals surface area contributed by atoms with E-state index in [1.54, 1.807) is 0 Å². The Kier molecular flexibility index (Phi) is 5.05. The van der Waals surface area contributed by atoms with Crippen molar-refractivity contribution in [2.75, 3.05) is 13.2 Å². The van der Waals surface area contributed by atoms with Gasteiger partial charge >= 0.3 is 0 Å². The number of ether oxygens (including phenoxy) is 2. The highest BCUT2D eigenvalue weighted by Gasteiger charge is 2.24. The predicted octanol–water partition coefficient (Wildman–Crippen LogP) is 2.50. The van der Waals surface area contributed by atoms with Gasteiger partial charge in [0.25, 0.3) is 0 Å². The minimum absolute atomic E-state index is 0.119. The van der Waals surface area contributed by atoms with Crippen LogP contribution in [0.25, 0.3) is 0 Å². The zero-order valence-electron chi connectivity index (χ0n) is 11.3. The van der Waals surface area contributed by atoms with Gasteiger partial charge in [-0.05, 0) is 31.9 Å². The molecule has 1 fully saturated rings. The first-order valence-corrected chi connectivity index (χ1v) is 6.83. The number of rotatable bonds is 8. The van der Waals surface area contributed by atoms with Gasteiger partial charge in [-0.3, -0.25) is 5.32 Å². The normalized spacial score (nSPS) is 15.6. The van der Waals surface area contributed by atoms with E-state index >= 15 is 0 Å². The highest BCUT2D eigenvalue weighted by Crippen LogP contribution is 2.26. The van der Waals surface area contributed by atoms with E-state index in [0.717, 1.165) is 11.5 Å². The highest BCUT2D eigenvalue weighted by atomic mass is 16.5. The zero-order valence-corrected chi connectivity index (χ0v) is 11.3. The Morgan fingerprint density at radius 3 is 2.58 bits per heavy atom. The van der Waals surface area contributed by atoms with Gasteiger partial charge in [-0.25, -0.2) is 0 Å². The molecule has 1 aliphatic rings. The molecule has 0 spiro atoms. The Balaban J connectivity index is 1.79. The minimum atomic E-state index is -0.119. The number of hydrogen-bond donors (Lipinski definition) is 1. The minimum Gasteiger partial charge on any atom is -0.490 e. The van der Waals surface area contributed by atoms with Crippen LogP contribution >= 0.6 is 0 Å². The molecule has 1 unspecified atom stereocenters. The molecule has 1 aliphatic carbocycles. The molecule has 0 amide bonds. The molecular formula is C15H20N2O2. The van der Waals surface area contributed by atoms with Crippen LogP contribution in [-0.4, -0.2) is 25.3 Å². The lowest BCUT2D eigenvalue weighted by Crippen LogP contribution is -2.31. The third-order valence-electron chi connectivity index (χ3n) is 2.98. The van der Waals surface area contributed by atoms with Crippen LogP contribution in [0.2, 0.25) is 0 Å². The van der Waals surface area contributed by atoms with E-state index in [-0.39, 0.29) is 6.04 Å². The molecular weight excluding hydrogens is 240 g/mol. The summed E-state index contributed by atoms with van der Waals surface area (Å²) in [5.74, 6) is 1.50. The molecule has 4 heteroatoms. The van der Waals surface area contributed by atoms with E-state index in [1.165, 1.54) is 12.8 Å². The van der Waals surface area contributed by atoms with Crippen molar-refractivity contribution in [1.82, 2.24) is 5.32 Å². The summed E-state index contributed by atoms with van der Waals surface area (Å²) in [6.07, 6.45) is 3.06. The Labute approximate surface area is 114 Å². The first-order chi connectivity index (χ1) is 9.33. The quantitative estimate of drug-likeness (QED) is 0.780. The maximum absolute atomic E-state index is 9.05. The number of nitriles is 1. The SMILES string of the molecule is CCOc1ccccc1OCCC(C#N)NC1CC1. The van der Waals surface area contributed by atoms with E-state index in [0.29, 0.717) is 25.7 Å². The van der Waals surface area contributed by atoms with Crippen LogP contribution in [0.4, 0.5) is 0 Å². The molecule has 1 saturated carbocycles. The van der Waals surface area contributed by atoms with Gasteiger partial charge in [0.2, 0.25) is 0 Å². The Morgan fingerprint density at radius 1 is 1.32 bits per heavy atom. The van der Waals surface area contributed by atoms with Crippen molar-refractivity contribution in [3.63, 3.8) is 0 Å². The zero-order chi connectivity index (χ0) is 13.5. The molecule has 0 radical (unpaired) electrons. The summed E-state index contributed by atoms with van der Waals surface area (Å²) in [5, 5.41) is 12.3. The van der Waals surface area contributed by atoms with Gasteiger partial charge in [-0.1, -0.05) is 12.1 Å². The Bertz CT molecular complexity index is 438. The van der Waals surface area contributed by atoms with E-state index in [2.05, 4.69) is 11.4 Å². The fourth-order valence-electron chi connectivity index (χ4n) is 1.85. The molecule has 0 aromatic heterocycles. The lowest BCUT2D eigenvalue weighted by atomic mass is 10.2. The van der Waals surface area contributed by atoms with E-state index < -0.39 is 0 Å². The van der Waals surface area contributed by atoms with Crippen LogP contribution in [0.5, 0.6) is 11.5 Å². The van der Waals surface area contributed by atoms with Crippen molar-refractivity contribution in [2.45, 2.75) is 38.3 Å². The average Bonchev–Trinajstić information content (AvgIpc) is 3.24. The van der Waals surface area contributed by atoms with Gasteiger partial charge in [0, 0.05) is 12.5 Å². The van der Waals surface area contributed by atoms with Crippen LogP contribution in [0.1, 0.15) is 26.2 Å². The molecule has 0 saturated heterocycles. The molecule has 1 aromatic rings. The smallest absolute Gasteiger partial charge is 0.161 e. The van der Waals surface area contributed by atoms with Crippen LogP contribution in [0.3, 0.4) is 0 Å². The fraction of sp³-hybridized carbons (Fsp3) is 0.533. The summed E-state index contributed by atoms with van der Waals surface area (Å²) in [6, 6.07) is 10.3. The molecule has 4 nitrogen and oxygen atoms in total. The first-order valence-electron chi connectivity index (χ1n) is 6.83. The second-order valence-electron chi connectivity index (χ2n) is 4.64. The molecule has 102 valence electrons. The number of benzene rings is 1. The van der Waals surface area contributed by atoms with Crippen LogP contribution < -0.4 is 14.8 Å². The highest BCUT2D eigenvalue weighted by molar-refractivity contribution is 5.39. The average molecular weight is 260 g/mol. The number of nitrogens with one attached hydrogen (secondary N) is 1. The lowest BCUT2D eigenvalue weighted by molar-refractivity contribution is 0.266. The number of nitrogens with zero attached hydrogens (tertiary/aromatic N) is 1. The maximum atomic E-state index is 9.05. The fourth-order valence-corrected chi connectivity index (χ4v) is 1.85. The van der Waals surface area contributed by atoms with Crippen molar-refractivity contribution in [2.24, 2.45) is 0 Å². The number of hydrogen-bond acceptors (Lipinski definition) is 4. The monoisotopic (exact) mass is 260 g/mol. The largest absolute Gasteiger partial charge is 0.490 e. The molecule has 1 atom stereocenters. The number of para-hydroxylation sites is 2. The third kappa shape index (κ3) is 4.46. The second-order valence-corrected chi connectivity index (χ2v) is 4.64. The summed E-state index contributed by atoms with van der Waals surface area (Å²) in [4.78, 5) is 0. The molecule has 1 N–H and O–H groups in total. The van der Waals surface area contributed by atoms with E-state index in [4.69, 9.17) is 14.7 Å². The topological polar surface area (TPSA) is 54.3 Å². The van der Waals surface area contributed by atoms with Crippen LogP contribution in [0, 0.1) is 11.3 Å². The van der Waals surface area contributed by atoms with Gasteiger partial charge in [0.05, 0.1) is 25.3 Å². The van der Waals surface area contributed by atoms with Crippen molar-refractivity contribution in [3.8, 4) is 17.6 Å². The summed E-state index contributed by atoms with van der Waals surface area (Å²) >= 11 is 0. The van der Waals surface area contributed by atoms with Gasteiger partial charge in [-0.2, -0.15) is 5.26 Å². The summed E-state index contributed by atoms with van der Waals surface area (Å²) in [6.45, 7) is 3.08. The molecule has 19 heavy (non-hydrogen) atoms. The first kappa shape index (κ1) is 13.7. The maximum Gasteiger partial charge on any atom is 0.161 e. The van der Waals surface area contributed by atoms with Crippen LogP contribution in [0.15, 0.2) is 24.3 Å². The molecule has 0 bridgehead atoms. The Hall–Kier alpha value is -1.73. The van der Waals surface area contributed by atoms with Gasteiger partial charge in [0.15, 0.2) is 11.5 Å². The van der Waals surface area contributed by atoms with Gasteiger partial charge in [-0.15, -0.1) is 0 Å². The molecule has 1 aromatic carbocycles. The van der Waals surface area contributed by atoms with Gasteiger partial charge in [0.1, 0.15) is 0 Å². The Morgan fingerprint density at radius 2 is 2.00 bits per heavy atom. The lowest BCUT2D eigenvalue weighted by Gasteiger charge is -2.14. The predicted molar refractivity (Wildman–Crippen MR) is 73.3 cm³/mol. The second kappa shape index (κ2) is 7.01. The molecule has 0 aliphatic heterocycles. The third-order valence-corrected chi connectivity index (χ3v) is 2.98. The molecule has 0 heterocycles.